The zero-order chi connectivity index (χ0) is 14.8. The Bertz CT molecular complexity index is 660. The largest absolute Gasteiger partial charge is 0.398 e. The van der Waals surface area contributed by atoms with Crippen LogP contribution in [0.15, 0.2) is 47.2 Å². The number of anilines is 1. The average molecular weight is 346 g/mol. The summed E-state index contributed by atoms with van der Waals surface area (Å²) in [6.07, 6.45) is 5.56. The second-order valence-electron chi connectivity index (χ2n) is 5.17. The van der Waals surface area contributed by atoms with E-state index in [1.165, 1.54) is 0 Å². The number of halogens is 1. The summed E-state index contributed by atoms with van der Waals surface area (Å²) in [5.41, 5.74) is 8.23. The van der Waals surface area contributed by atoms with Gasteiger partial charge in [0.15, 0.2) is 0 Å². The molecule has 1 fully saturated rings. The number of likely N-dealkylation sites (tertiary alicyclic amines) is 1. The molecule has 1 unspecified atom stereocenters. The normalized spacial score (nSPS) is 18.0. The number of hydrogen-bond donors (Lipinski definition) is 1. The van der Waals surface area contributed by atoms with Crippen molar-refractivity contribution in [2.45, 2.75) is 18.9 Å². The Labute approximate surface area is 132 Å². The van der Waals surface area contributed by atoms with Gasteiger partial charge in [-0.3, -0.25) is 9.78 Å². The molecule has 2 N–H and O–H groups in total. The summed E-state index contributed by atoms with van der Waals surface area (Å²) in [5, 5.41) is 0. The van der Waals surface area contributed by atoms with Gasteiger partial charge in [-0.05, 0) is 64.7 Å². The van der Waals surface area contributed by atoms with Crippen LogP contribution in [0.4, 0.5) is 5.69 Å². The van der Waals surface area contributed by atoms with E-state index < -0.39 is 0 Å². The molecule has 21 heavy (non-hydrogen) atoms. The van der Waals surface area contributed by atoms with Gasteiger partial charge >= 0.3 is 0 Å². The van der Waals surface area contributed by atoms with Gasteiger partial charge in [-0.2, -0.15) is 0 Å². The second kappa shape index (κ2) is 5.85. The van der Waals surface area contributed by atoms with Crippen molar-refractivity contribution >= 4 is 27.5 Å². The van der Waals surface area contributed by atoms with Gasteiger partial charge < -0.3 is 10.6 Å². The second-order valence-corrected chi connectivity index (χ2v) is 6.03. The topological polar surface area (TPSA) is 59.2 Å². The fourth-order valence-electron chi connectivity index (χ4n) is 2.77. The molecule has 4 nitrogen and oxygen atoms in total. The molecule has 0 spiro atoms. The summed E-state index contributed by atoms with van der Waals surface area (Å²) < 4.78 is 0.757. The van der Waals surface area contributed by atoms with E-state index >= 15 is 0 Å². The van der Waals surface area contributed by atoms with Crippen molar-refractivity contribution in [2.75, 3.05) is 12.3 Å². The molecular formula is C16H16BrN3O. The summed E-state index contributed by atoms with van der Waals surface area (Å²) in [6.45, 7) is 0.786. The van der Waals surface area contributed by atoms with Crippen LogP contribution < -0.4 is 5.73 Å². The Hall–Kier alpha value is -1.88. The average Bonchev–Trinajstić information content (AvgIpc) is 2.99. The molecule has 0 saturated carbocycles. The lowest BCUT2D eigenvalue weighted by atomic mass is 10.1. The summed E-state index contributed by atoms with van der Waals surface area (Å²) >= 11 is 3.38. The molecule has 1 atom stereocenters. The van der Waals surface area contributed by atoms with Crippen molar-refractivity contribution < 1.29 is 4.79 Å². The molecule has 5 heteroatoms. The zero-order valence-electron chi connectivity index (χ0n) is 11.5. The van der Waals surface area contributed by atoms with Gasteiger partial charge in [-0.25, -0.2) is 0 Å². The number of carbonyl (C=O) groups is 1. The van der Waals surface area contributed by atoms with E-state index in [9.17, 15) is 4.79 Å². The van der Waals surface area contributed by atoms with Gasteiger partial charge in [0, 0.05) is 34.7 Å². The van der Waals surface area contributed by atoms with Gasteiger partial charge in [-0.15, -0.1) is 0 Å². The Morgan fingerprint density at radius 1 is 1.29 bits per heavy atom. The minimum Gasteiger partial charge on any atom is -0.398 e. The number of aromatic nitrogens is 1. The maximum atomic E-state index is 12.7. The van der Waals surface area contributed by atoms with Crippen LogP contribution in [0.3, 0.4) is 0 Å². The quantitative estimate of drug-likeness (QED) is 0.848. The highest BCUT2D eigenvalue weighted by atomic mass is 79.9. The summed E-state index contributed by atoms with van der Waals surface area (Å²) in [6, 6.07) is 9.43. The third-order valence-electron chi connectivity index (χ3n) is 3.85. The van der Waals surface area contributed by atoms with E-state index in [0.29, 0.717) is 11.3 Å². The standard InChI is InChI=1S/C16H16BrN3O/c17-13-10-12(3-4-14(13)18)16(21)20-9-1-2-15(20)11-5-7-19-8-6-11/h3-8,10,15H,1-2,9,18H2. The van der Waals surface area contributed by atoms with Crippen molar-refractivity contribution in [3.05, 3.63) is 58.3 Å². The number of rotatable bonds is 2. The van der Waals surface area contributed by atoms with Crippen LogP contribution in [0.2, 0.25) is 0 Å². The molecule has 2 heterocycles. The lowest BCUT2D eigenvalue weighted by Crippen LogP contribution is -2.30. The Morgan fingerprint density at radius 3 is 2.76 bits per heavy atom. The highest BCUT2D eigenvalue weighted by Crippen LogP contribution is 2.33. The summed E-state index contributed by atoms with van der Waals surface area (Å²) in [5.74, 6) is 0.0509. The van der Waals surface area contributed by atoms with Gasteiger partial charge in [0.25, 0.3) is 5.91 Å². The monoisotopic (exact) mass is 345 g/mol. The molecule has 0 bridgehead atoms. The number of benzene rings is 1. The van der Waals surface area contributed by atoms with Crippen molar-refractivity contribution in [1.82, 2.24) is 9.88 Å². The van der Waals surface area contributed by atoms with Gasteiger partial charge in [0.1, 0.15) is 0 Å². The van der Waals surface area contributed by atoms with Crippen molar-refractivity contribution in [1.29, 1.82) is 0 Å². The van der Waals surface area contributed by atoms with Crippen LogP contribution in [0, 0.1) is 0 Å². The first-order chi connectivity index (χ1) is 10.2. The van der Waals surface area contributed by atoms with E-state index in [0.717, 1.165) is 29.4 Å². The fraction of sp³-hybridized carbons (Fsp3) is 0.250. The third kappa shape index (κ3) is 2.78. The first-order valence-corrected chi connectivity index (χ1v) is 7.72. The first kappa shape index (κ1) is 14.1. The predicted molar refractivity (Wildman–Crippen MR) is 85.8 cm³/mol. The van der Waals surface area contributed by atoms with Crippen LogP contribution in [0.25, 0.3) is 0 Å². The fourth-order valence-corrected chi connectivity index (χ4v) is 3.15. The van der Waals surface area contributed by atoms with E-state index in [2.05, 4.69) is 20.9 Å². The van der Waals surface area contributed by atoms with Crippen molar-refractivity contribution in [2.24, 2.45) is 0 Å². The SMILES string of the molecule is Nc1ccc(C(=O)N2CCCC2c2ccncc2)cc1Br. The van der Waals surface area contributed by atoms with Crippen LogP contribution in [-0.4, -0.2) is 22.3 Å². The molecule has 3 rings (SSSR count). The molecule has 0 radical (unpaired) electrons. The number of hydrogen-bond acceptors (Lipinski definition) is 3. The van der Waals surface area contributed by atoms with Gasteiger partial charge in [0.2, 0.25) is 0 Å². The van der Waals surface area contributed by atoms with Crippen LogP contribution in [-0.2, 0) is 0 Å². The maximum absolute atomic E-state index is 12.7. The molecule has 1 aromatic heterocycles. The molecule has 1 aliphatic heterocycles. The van der Waals surface area contributed by atoms with Crippen LogP contribution in [0.5, 0.6) is 0 Å². The van der Waals surface area contributed by atoms with Gasteiger partial charge in [0.05, 0.1) is 6.04 Å². The van der Waals surface area contributed by atoms with E-state index in [-0.39, 0.29) is 11.9 Å². The molecule has 1 aliphatic rings. The van der Waals surface area contributed by atoms with Crippen molar-refractivity contribution in [3.8, 4) is 0 Å². The van der Waals surface area contributed by atoms with E-state index in [1.807, 2.05) is 17.0 Å². The number of pyridine rings is 1. The summed E-state index contributed by atoms with van der Waals surface area (Å²) in [7, 11) is 0. The lowest BCUT2D eigenvalue weighted by Gasteiger charge is -2.25. The molecule has 1 saturated heterocycles. The minimum absolute atomic E-state index is 0.0509. The smallest absolute Gasteiger partial charge is 0.254 e. The van der Waals surface area contributed by atoms with Gasteiger partial charge in [-0.1, -0.05) is 0 Å². The van der Waals surface area contributed by atoms with Crippen molar-refractivity contribution in [3.63, 3.8) is 0 Å². The van der Waals surface area contributed by atoms with Crippen LogP contribution >= 0.6 is 15.9 Å². The number of nitrogens with zero attached hydrogens (tertiary/aromatic N) is 2. The highest BCUT2D eigenvalue weighted by Gasteiger charge is 2.30. The number of nitrogens with two attached hydrogens (primary N) is 1. The minimum atomic E-state index is 0.0509. The Kier molecular flexibility index (Phi) is 3.92. The number of carbonyl (C=O) groups excluding carboxylic acids is 1. The molecular weight excluding hydrogens is 330 g/mol. The maximum Gasteiger partial charge on any atom is 0.254 e. The van der Waals surface area contributed by atoms with E-state index in [1.54, 1.807) is 30.6 Å². The molecule has 1 aromatic carbocycles. The summed E-state index contributed by atoms with van der Waals surface area (Å²) in [4.78, 5) is 18.7. The van der Waals surface area contributed by atoms with E-state index in [4.69, 9.17) is 5.73 Å². The number of amides is 1. The Morgan fingerprint density at radius 2 is 2.05 bits per heavy atom. The molecule has 1 amide bonds. The van der Waals surface area contributed by atoms with Crippen LogP contribution in [0.1, 0.15) is 34.8 Å². The molecule has 2 aromatic rings. The Balaban J connectivity index is 1.88. The molecule has 108 valence electrons. The zero-order valence-corrected chi connectivity index (χ0v) is 13.1. The number of nitrogen functional groups attached to an aromatic ring is 1. The third-order valence-corrected chi connectivity index (χ3v) is 4.54. The lowest BCUT2D eigenvalue weighted by molar-refractivity contribution is 0.0735. The molecule has 0 aliphatic carbocycles. The highest BCUT2D eigenvalue weighted by molar-refractivity contribution is 9.10. The predicted octanol–water partition coefficient (Wildman–Crippen LogP) is 3.40. The first-order valence-electron chi connectivity index (χ1n) is 6.93.